The minimum Gasteiger partial charge on any atom is -0.477 e. The van der Waals surface area contributed by atoms with Crippen molar-refractivity contribution >= 4 is 11.3 Å². The van der Waals surface area contributed by atoms with E-state index in [4.69, 9.17) is 10.5 Å². The van der Waals surface area contributed by atoms with Gasteiger partial charge < -0.3 is 10.5 Å². The summed E-state index contributed by atoms with van der Waals surface area (Å²) in [5.74, 6) is 1.03. The molecule has 0 saturated carbocycles. The monoisotopic (exact) mass is 291 g/mol. The largest absolute Gasteiger partial charge is 0.477 e. The maximum Gasteiger partial charge on any atom is 0.213 e. The Bertz CT molecular complexity index is 566. The van der Waals surface area contributed by atoms with Crippen molar-refractivity contribution in [1.29, 1.82) is 0 Å². The van der Waals surface area contributed by atoms with Gasteiger partial charge in [-0.15, -0.1) is 11.3 Å². The number of nitrogens with zero attached hydrogens (tertiary/aromatic N) is 2. The van der Waals surface area contributed by atoms with Crippen LogP contribution in [0.15, 0.2) is 17.6 Å². The number of hydrogen-bond acceptors (Lipinski definition) is 5. The van der Waals surface area contributed by atoms with Crippen LogP contribution in [0.2, 0.25) is 0 Å². The smallest absolute Gasteiger partial charge is 0.213 e. The SMILES string of the molecule is Cc1ncsc1CCOc1cc(CN)cc(C(C)C)n1. The van der Waals surface area contributed by atoms with Crippen molar-refractivity contribution in [3.05, 3.63) is 39.5 Å². The zero-order valence-corrected chi connectivity index (χ0v) is 13.0. The van der Waals surface area contributed by atoms with E-state index < -0.39 is 0 Å². The minimum atomic E-state index is 0.368. The van der Waals surface area contributed by atoms with Crippen LogP contribution in [0.4, 0.5) is 0 Å². The third-order valence-corrected chi connectivity index (χ3v) is 4.13. The molecule has 0 radical (unpaired) electrons. The van der Waals surface area contributed by atoms with Crippen LogP contribution in [-0.2, 0) is 13.0 Å². The molecule has 0 unspecified atom stereocenters. The summed E-state index contributed by atoms with van der Waals surface area (Å²) in [7, 11) is 0. The van der Waals surface area contributed by atoms with Crippen LogP contribution < -0.4 is 10.5 Å². The first-order valence-corrected chi connectivity index (χ1v) is 7.70. The lowest BCUT2D eigenvalue weighted by Gasteiger charge is -2.11. The third-order valence-electron chi connectivity index (χ3n) is 3.13. The highest BCUT2D eigenvalue weighted by Gasteiger charge is 2.07. The van der Waals surface area contributed by atoms with Crippen LogP contribution in [-0.4, -0.2) is 16.6 Å². The van der Waals surface area contributed by atoms with Crippen molar-refractivity contribution in [3.8, 4) is 5.88 Å². The van der Waals surface area contributed by atoms with Gasteiger partial charge in [0.25, 0.3) is 0 Å². The van der Waals surface area contributed by atoms with Gasteiger partial charge in [0.05, 0.1) is 17.8 Å². The fourth-order valence-corrected chi connectivity index (χ4v) is 2.65. The topological polar surface area (TPSA) is 61.0 Å². The number of thiazole rings is 1. The summed E-state index contributed by atoms with van der Waals surface area (Å²) in [5, 5.41) is 0. The molecule has 0 aromatic carbocycles. The number of ether oxygens (including phenoxy) is 1. The second-order valence-electron chi connectivity index (χ2n) is 5.06. The van der Waals surface area contributed by atoms with Crippen molar-refractivity contribution in [2.75, 3.05) is 6.61 Å². The molecule has 20 heavy (non-hydrogen) atoms. The molecule has 2 heterocycles. The number of hydrogen-bond donors (Lipinski definition) is 1. The predicted molar refractivity (Wildman–Crippen MR) is 82.3 cm³/mol. The summed E-state index contributed by atoms with van der Waals surface area (Å²) in [5.41, 5.74) is 10.8. The van der Waals surface area contributed by atoms with Crippen LogP contribution in [0.5, 0.6) is 5.88 Å². The molecule has 0 spiro atoms. The molecule has 2 aromatic heterocycles. The lowest BCUT2D eigenvalue weighted by Crippen LogP contribution is -2.06. The Balaban J connectivity index is 2.01. The number of nitrogens with two attached hydrogens (primary N) is 1. The van der Waals surface area contributed by atoms with Gasteiger partial charge in [-0.05, 0) is 24.5 Å². The molecule has 2 rings (SSSR count). The maximum atomic E-state index is 5.78. The molecular weight excluding hydrogens is 270 g/mol. The fraction of sp³-hybridized carbons (Fsp3) is 0.467. The van der Waals surface area contributed by atoms with Gasteiger partial charge in [-0.25, -0.2) is 9.97 Å². The van der Waals surface area contributed by atoms with Crippen molar-refractivity contribution in [3.63, 3.8) is 0 Å². The van der Waals surface area contributed by atoms with Gasteiger partial charge in [0, 0.05) is 29.6 Å². The lowest BCUT2D eigenvalue weighted by atomic mass is 10.1. The average molecular weight is 291 g/mol. The van der Waals surface area contributed by atoms with Crippen LogP contribution in [0.3, 0.4) is 0 Å². The van der Waals surface area contributed by atoms with E-state index in [2.05, 4.69) is 23.8 Å². The van der Waals surface area contributed by atoms with Crippen LogP contribution >= 0.6 is 11.3 Å². The molecule has 0 aliphatic heterocycles. The molecule has 0 amide bonds. The number of aryl methyl sites for hydroxylation is 1. The van der Waals surface area contributed by atoms with E-state index in [1.807, 2.05) is 24.6 Å². The Morgan fingerprint density at radius 3 is 2.75 bits per heavy atom. The van der Waals surface area contributed by atoms with Gasteiger partial charge in [0.15, 0.2) is 0 Å². The summed E-state index contributed by atoms with van der Waals surface area (Å²) < 4.78 is 5.78. The minimum absolute atomic E-state index is 0.368. The second kappa shape index (κ2) is 6.81. The van der Waals surface area contributed by atoms with Crippen LogP contribution in [0.25, 0.3) is 0 Å². The molecule has 0 atom stereocenters. The van der Waals surface area contributed by atoms with Crippen molar-refractivity contribution in [2.45, 2.75) is 39.7 Å². The van der Waals surface area contributed by atoms with E-state index >= 15 is 0 Å². The average Bonchev–Trinajstić information content (AvgIpc) is 2.84. The zero-order chi connectivity index (χ0) is 14.5. The predicted octanol–water partition coefficient (Wildman–Crippen LogP) is 3.05. The lowest BCUT2D eigenvalue weighted by molar-refractivity contribution is 0.308. The van der Waals surface area contributed by atoms with Gasteiger partial charge >= 0.3 is 0 Å². The molecule has 0 saturated heterocycles. The fourth-order valence-electron chi connectivity index (χ4n) is 1.88. The Kier molecular flexibility index (Phi) is 5.09. The summed E-state index contributed by atoms with van der Waals surface area (Å²) in [6, 6.07) is 3.97. The molecular formula is C15H21N3OS. The van der Waals surface area contributed by atoms with E-state index in [0.717, 1.165) is 23.4 Å². The van der Waals surface area contributed by atoms with E-state index in [1.54, 1.807) is 11.3 Å². The summed E-state index contributed by atoms with van der Waals surface area (Å²) in [4.78, 5) is 10.0. The highest BCUT2D eigenvalue weighted by Crippen LogP contribution is 2.19. The van der Waals surface area contributed by atoms with E-state index in [1.165, 1.54) is 4.88 Å². The first kappa shape index (κ1) is 14.9. The third kappa shape index (κ3) is 3.77. The molecule has 5 heteroatoms. The first-order chi connectivity index (χ1) is 9.60. The summed E-state index contributed by atoms with van der Waals surface area (Å²) >= 11 is 1.67. The standard InChI is InChI=1S/C15H21N3OS/c1-10(2)13-6-12(8-16)7-15(18-13)19-5-4-14-11(3)17-9-20-14/h6-7,9-10H,4-5,8,16H2,1-3H3. The Morgan fingerprint density at radius 1 is 1.35 bits per heavy atom. The molecule has 2 aromatic rings. The molecule has 0 bridgehead atoms. The molecule has 0 aliphatic carbocycles. The number of rotatable bonds is 6. The van der Waals surface area contributed by atoms with E-state index in [9.17, 15) is 0 Å². The maximum absolute atomic E-state index is 5.78. The zero-order valence-electron chi connectivity index (χ0n) is 12.2. The molecule has 4 nitrogen and oxygen atoms in total. The summed E-state index contributed by atoms with van der Waals surface area (Å²) in [6.45, 7) is 7.38. The molecule has 2 N–H and O–H groups in total. The van der Waals surface area contributed by atoms with Crippen LogP contribution in [0.1, 0.15) is 41.6 Å². The second-order valence-corrected chi connectivity index (χ2v) is 6.00. The highest BCUT2D eigenvalue weighted by atomic mass is 32.1. The van der Waals surface area contributed by atoms with Crippen molar-refractivity contribution in [2.24, 2.45) is 5.73 Å². The molecule has 0 fully saturated rings. The highest BCUT2D eigenvalue weighted by molar-refractivity contribution is 7.09. The van der Waals surface area contributed by atoms with Gasteiger partial charge in [0.1, 0.15) is 0 Å². The van der Waals surface area contributed by atoms with Crippen molar-refractivity contribution in [1.82, 2.24) is 9.97 Å². The summed E-state index contributed by atoms with van der Waals surface area (Å²) in [6.07, 6.45) is 0.863. The Labute approximate surface area is 124 Å². The van der Waals surface area contributed by atoms with E-state index in [0.29, 0.717) is 24.9 Å². The molecule has 108 valence electrons. The number of pyridine rings is 1. The van der Waals surface area contributed by atoms with E-state index in [-0.39, 0.29) is 0 Å². The Morgan fingerprint density at radius 2 is 2.15 bits per heavy atom. The van der Waals surface area contributed by atoms with Gasteiger partial charge in [-0.2, -0.15) is 0 Å². The number of aromatic nitrogens is 2. The van der Waals surface area contributed by atoms with Gasteiger partial charge in [-0.3, -0.25) is 0 Å². The Hall–Kier alpha value is -1.46. The van der Waals surface area contributed by atoms with Gasteiger partial charge in [-0.1, -0.05) is 13.8 Å². The molecule has 0 aliphatic rings. The quantitative estimate of drug-likeness (QED) is 0.888. The van der Waals surface area contributed by atoms with Crippen LogP contribution in [0, 0.1) is 6.92 Å². The first-order valence-electron chi connectivity index (χ1n) is 6.83. The van der Waals surface area contributed by atoms with Gasteiger partial charge in [0.2, 0.25) is 5.88 Å². The normalized spacial score (nSPS) is 11.1. The van der Waals surface area contributed by atoms with Crippen molar-refractivity contribution < 1.29 is 4.74 Å².